The van der Waals surface area contributed by atoms with Gasteiger partial charge in [-0.3, -0.25) is 10.1 Å². The molecule has 0 saturated carbocycles. The normalized spacial score (nSPS) is 12.7. The zero-order valence-electron chi connectivity index (χ0n) is 17.9. The van der Waals surface area contributed by atoms with Crippen LogP contribution < -0.4 is 10.1 Å². The number of methoxy groups -OCH3 is 1. The predicted molar refractivity (Wildman–Crippen MR) is 116 cm³/mol. The van der Waals surface area contributed by atoms with Crippen LogP contribution in [0.25, 0.3) is 0 Å². The lowest BCUT2D eigenvalue weighted by Gasteiger charge is -2.25. The molecule has 1 amide bonds. The van der Waals surface area contributed by atoms with Crippen LogP contribution in [0.5, 0.6) is 11.5 Å². The minimum atomic E-state index is -1.19. The van der Waals surface area contributed by atoms with Gasteiger partial charge in [0, 0.05) is 23.9 Å². The maximum absolute atomic E-state index is 12.6. The molecule has 9 nitrogen and oxygen atoms in total. The standard InChI is InChI=1S/C23H25NO8/c1-4-31-20(11-12-21(27)28)22(16-7-10-19(30-3)18(26)13-16)32-23(29)24-17-8-5-15(6-9-17)14(2)25/h5-13,20,22,26H,4H2,1-3H3,(H,24,29)(H,27,28)/b12-11+/t20-,22-/m0/s1. The second-order valence-electron chi connectivity index (χ2n) is 6.63. The molecule has 3 N–H and O–H groups in total. The van der Waals surface area contributed by atoms with Crippen LogP contribution in [-0.4, -0.2) is 47.9 Å². The SMILES string of the molecule is CCO[C@@H](/C=C/C(=O)O)[C@@H](OC(=O)Nc1ccc(C(C)=O)cc1)c1ccc(OC)c(O)c1. The number of carboxylic acid groups (broad SMARTS) is 1. The van der Waals surface area contributed by atoms with Crippen molar-refractivity contribution in [3.05, 3.63) is 65.7 Å². The number of aliphatic carboxylic acids is 1. The average molecular weight is 443 g/mol. The zero-order chi connectivity index (χ0) is 23.7. The molecule has 0 fully saturated rings. The summed E-state index contributed by atoms with van der Waals surface area (Å²) in [5, 5.41) is 21.7. The highest BCUT2D eigenvalue weighted by molar-refractivity contribution is 5.95. The number of hydrogen-bond donors (Lipinski definition) is 3. The highest BCUT2D eigenvalue weighted by atomic mass is 16.6. The van der Waals surface area contributed by atoms with Gasteiger partial charge in [0.25, 0.3) is 0 Å². The van der Waals surface area contributed by atoms with Gasteiger partial charge in [-0.1, -0.05) is 6.07 Å². The van der Waals surface area contributed by atoms with Crippen LogP contribution in [0.3, 0.4) is 0 Å². The third-order valence-electron chi connectivity index (χ3n) is 4.39. The second-order valence-corrected chi connectivity index (χ2v) is 6.63. The largest absolute Gasteiger partial charge is 0.504 e. The number of hydrogen-bond acceptors (Lipinski definition) is 7. The lowest BCUT2D eigenvalue weighted by molar-refractivity contribution is -0.131. The van der Waals surface area contributed by atoms with Gasteiger partial charge in [-0.05, 0) is 61.9 Å². The van der Waals surface area contributed by atoms with Crippen molar-refractivity contribution in [3.8, 4) is 11.5 Å². The van der Waals surface area contributed by atoms with Gasteiger partial charge in [0.15, 0.2) is 23.4 Å². The fourth-order valence-corrected chi connectivity index (χ4v) is 2.87. The third kappa shape index (κ3) is 6.85. The molecule has 2 aromatic rings. The summed E-state index contributed by atoms with van der Waals surface area (Å²) in [5.41, 5.74) is 1.25. The van der Waals surface area contributed by atoms with E-state index in [9.17, 15) is 19.5 Å². The van der Waals surface area contributed by atoms with Gasteiger partial charge >= 0.3 is 12.1 Å². The third-order valence-corrected chi connectivity index (χ3v) is 4.39. The highest BCUT2D eigenvalue weighted by Crippen LogP contribution is 2.33. The van der Waals surface area contributed by atoms with Gasteiger partial charge in [-0.25, -0.2) is 9.59 Å². The first-order valence-corrected chi connectivity index (χ1v) is 9.73. The molecule has 0 unspecified atom stereocenters. The van der Waals surface area contributed by atoms with Gasteiger partial charge in [-0.2, -0.15) is 0 Å². The molecule has 2 atom stereocenters. The number of rotatable bonds is 10. The summed E-state index contributed by atoms with van der Waals surface area (Å²) in [4.78, 5) is 35.0. The summed E-state index contributed by atoms with van der Waals surface area (Å²) < 4.78 is 16.2. The number of benzene rings is 2. The first-order chi connectivity index (χ1) is 15.2. The van der Waals surface area contributed by atoms with Crippen molar-refractivity contribution in [2.75, 3.05) is 19.0 Å². The first kappa shape index (κ1) is 24.4. The molecule has 170 valence electrons. The topological polar surface area (TPSA) is 131 Å². The maximum Gasteiger partial charge on any atom is 0.412 e. The monoisotopic (exact) mass is 443 g/mol. The van der Waals surface area contributed by atoms with Crippen molar-refractivity contribution in [2.24, 2.45) is 0 Å². The Kier molecular flexibility index (Phi) is 8.79. The number of anilines is 1. The summed E-state index contributed by atoms with van der Waals surface area (Å²) >= 11 is 0. The number of nitrogens with one attached hydrogen (secondary N) is 1. The van der Waals surface area contributed by atoms with Crippen LogP contribution in [0.4, 0.5) is 10.5 Å². The average Bonchev–Trinajstić information content (AvgIpc) is 2.75. The van der Waals surface area contributed by atoms with E-state index >= 15 is 0 Å². The van der Waals surface area contributed by atoms with E-state index in [2.05, 4.69) is 5.32 Å². The summed E-state index contributed by atoms with van der Waals surface area (Å²) in [6.45, 7) is 3.36. The van der Waals surface area contributed by atoms with Crippen molar-refractivity contribution in [1.29, 1.82) is 0 Å². The van der Waals surface area contributed by atoms with Gasteiger partial charge in [0.1, 0.15) is 6.10 Å². The molecule has 0 radical (unpaired) electrons. The summed E-state index contributed by atoms with van der Waals surface area (Å²) in [5.74, 6) is -1.27. The van der Waals surface area contributed by atoms with Crippen LogP contribution in [0, 0.1) is 0 Å². The smallest absolute Gasteiger partial charge is 0.412 e. The molecule has 0 bridgehead atoms. The molecular formula is C23H25NO8. The number of Topliss-reactive ketones (excluding diaryl/α,β-unsaturated/α-hetero) is 1. The Morgan fingerprint density at radius 1 is 1.12 bits per heavy atom. The van der Waals surface area contributed by atoms with Crippen molar-refractivity contribution in [2.45, 2.75) is 26.1 Å². The molecule has 32 heavy (non-hydrogen) atoms. The molecular weight excluding hydrogens is 418 g/mol. The molecule has 0 aliphatic carbocycles. The number of phenols is 1. The Morgan fingerprint density at radius 3 is 2.34 bits per heavy atom. The number of ketones is 1. The van der Waals surface area contributed by atoms with Crippen molar-refractivity contribution in [1.82, 2.24) is 0 Å². The van der Waals surface area contributed by atoms with Crippen molar-refractivity contribution >= 4 is 23.5 Å². The number of carboxylic acids is 1. The van der Waals surface area contributed by atoms with Gasteiger partial charge in [0.05, 0.1) is 7.11 Å². The molecule has 0 aliphatic heterocycles. The fourth-order valence-electron chi connectivity index (χ4n) is 2.87. The predicted octanol–water partition coefficient (Wildman–Crippen LogP) is 3.94. The number of carbonyl (C=O) groups excluding carboxylic acids is 2. The van der Waals surface area contributed by atoms with Crippen LogP contribution in [-0.2, 0) is 14.3 Å². The van der Waals surface area contributed by atoms with E-state index in [1.54, 1.807) is 37.3 Å². The first-order valence-electron chi connectivity index (χ1n) is 9.73. The van der Waals surface area contributed by atoms with E-state index in [0.29, 0.717) is 16.8 Å². The Bertz CT molecular complexity index is 984. The number of amides is 1. The van der Waals surface area contributed by atoms with Crippen molar-refractivity contribution < 1.29 is 38.8 Å². The molecule has 2 rings (SSSR count). The van der Waals surface area contributed by atoms with Gasteiger partial charge < -0.3 is 24.4 Å². The van der Waals surface area contributed by atoms with E-state index in [0.717, 1.165) is 6.08 Å². The summed E-state index contributed by atoms with van der Waals surface area (Å²) in [6, 6.07) is 10.6. The molecule has 0 heterocycles. The minimum absolute atomic E-state index is 0.108. The number of carbonyl (C=O) groups is 3. The molecule has 0 aliphatic rings. The summed E-state index contributed by atoms with van der Waals surface area (Å²) in [7, 11) is 1.39. The number of aromatic hydroxyl groups is 1. The highest BCUT2D eigenvalue weighted by Gasteiger charge is 2.27. The fraction of sp³-hybridized carbons (Fsp3) is 0.261. The molecule has 0 aromatic heterocycles. The zero-order valence-corrected chi connectivity index (χ0v) is 17.9. The van der Waals surface area contributed by atoms with Crippen LogP contribution in [0.1, 0.15) is 35.9 Å². The Labute approximate surface area is 185 Å². The molecule has 2 aromatic carbocycles. The second kappa shape index (κ2) is 11.5. The lowest BCUT2D eigenvalue weighted by Crippen LogP contribution is -2.28. The Balaban J connectivity index is 2.31. The number of ether oxygens (including phenoxy) is 3. The molecule has 0 spiro atoms. The van der Waals surface area contributed by atoms with E-state index in [4.69, 9.17) is 19.3 Å². The van der Waals surface area contributed by atoms with E-state index in [-0.39, 0.29) is 23.9 Å². The quantitative estimate of drug-likeness (QED) is 0.372. The Hall–Kier alpha value is -3.85. The minimum Gasteiger partial charge on any atom is -0.504 e. The van der Waals surface area contributed by atoms with Gasteiger partial charge in [0.2, 0.25) is 0 Å². The van der Waals surface area contributed by atoms with Gasteiger partial charge in [-0.15, -0.1) is 0 Å². The molecule has 9 heteroatoms. The molecule has 0 saturated heterocycles. The van der Waals surface area contributed by atoms with Crippen LogP contribution in [0.15, 0.2) is 54.6 Å². The van der Waals surface area contributed by atoms with Crippen LogP contribution >= 0.6 is 0 Å². The maximum atomic E-state index is 12.6. The van der Waals surface area contributed by atoms with Crippen LogP contribution in [0.2, 0.25) is 0 Å². The van der Waals surface area contributed by atoms with Crippen molar-refractivity contribution in [3.63, 3.8) is 0 Å². The van der Waals surface area contributed by atoms with E-state index in [1.165, 1.54) is 32.2 Å². The lowest BCUT2D eigenvalue weighted by atomic mass is 10.0. The van der Waals surface area contributed by atoms with E-state index < -0.39 is 24.3 Å². The summed E-state index contributed by atoms with van der Waals surface area (Å²) in [6.07, 6.45) is -0.728. The van der Waals surface area contributed by atoms with E-state index in [1.807, 2.05) is 0 Å². The number of phenolic OH excluding ortho intramolecular Hbond substituents is 1. The Morgan fingerprint density at radius 2 is 1.81 bits per heavy atom.